The highest BCUT2D eigenvalue weighted by Crippen LogP contribution is 2.28. The minimum Gasteiger partial charge on any atom is -0.307 e. The molecule has 1 N–H and O–H groups in total. The van der Waals surface area contributed by atoms with E-state index in [1.807, 2.05) is 0 Å². The van der Waals surface area contributed by atoms with Crippen molar-refractivity contribution in [3.8, 4) is 11.1 Å². The zero-order valence-corrected chi connectivity index (χ0v) is 12.2. The van der Waals surface area contributed by atoms with Gasteiger partial charge in [-0.1, -0.05) is 24.8 Å². The highest BCUT2D eigenvalue weighted by Gasteiger charge is 2.14. The zero-order valence-electron chi connectivity index (χ0n) is 11.4. The number of carbonyl (C=O) groups excluding carboxylic acids is 1. The van der Waals surface area contributed by atoms with E-state index in [9.17, 15) is 13.2 Å². The molecule has 5 nitrogen and oxygen atoms in total. The fourth-order valence-corrected chi connectivity index (χ4v) is 2.78. The van der Waals surface area contributed by atoms with Crippen molar-refractivity contribution < 1.29 is 13.2 Å². The second-order valence-corrected chi connectivity index (χ2v) is 6.38. The van der Waals surface area contributed by atoms with E-state index in [0.29, 0.717) is 16.9 Å². The van der Waals surface area contributed by atoms with Gasteiger partial charge in [-0.15, -0.1) is 0 Å². The number of nitrogens with zero attached hydrogens (tertiary/aromatic N) is 1. The minimum atomic E-state index is -3.35. The highest BCUT2D eigenvalue weighted by molar-refractivity contribution is 7.90. The normalized spacial score (nSPS) is 10.9. The van der Waals surface area contributed by atoms with Crippen molar-refractivity contribution in [2.75, 3.05) is 11.6 Å². The van der Waals surface area contributed by atoms with E-state index in [1.165, 1.54) is 6.20 Å². The lowest BCUT2D eigenvalue weighted by Gasteiger charge is -2.09. The van der Waals surface area contributed by atoms with Crippen LogP contribution in [0.2, 0.25) is 0 Å². The van der Waals surface area contributed by atoms with Gasteiger partial charge in [0, 0.05) is 18.0 Å². The molecule has 0 aliphatic carbocycles. The molecule has 0 saturated heterocycles. The first-order valence-corrected chi connectivity index (χ1v) is 8.00. The van der Waals surface area contributed by atoms with Crippen LogP contribution in [0.15, 0.2) is 60.1 Å². The SMILES string of the molecule is C=CC(=O)Nc1cc(-c2ccccc2S(C)(=O)=O)ccn1. The van der Waals surface area contributed by atoms with Crippen LogP contribution >= 0.6 is 0 Å². The Morgan fingerprint density at radius 2 is 2.00 bits per heavy atom. The predicted octanol–water partition coefficient (Wildman–Crippen LogP) is 2.28. The van der Waals surface area contributed by atoms with Crippen LogP contribution in [-0.2, 0) is 14.6 Å². The van der Waals surface area contributed by atoms with Gasteiger partial charge in [0.15, 0.2) is 9.84 Å². The number of amides is 1. The Bertz CT molecular complexity index is 798. The van der Waals surface area contributed by atoms with Crippen LogP contribution in [0.25, 0.3) is 11.1 Å². The Hall–Kier alpha value is -2.47. The first kappa shape index (κ1) is 14.9. The number of hydrogen-bond donors (Lipinski definition) is 1. The van der Waals surface area contributed by atoms with Crippen LogP contribution in [0.1, 0.15) is 0 Å². The molecule has 1 aromatic carbocycles. The van der Waals surface area contributed by atoms with Gasteiger partial charge in [0.2, 0.25) is 5.91 Å². The molecule has 1 aromatic heterocycles. The van der Waals surface area contributed by atoms with Crippen molar-refractivity contribution in [2.45, 2.75) is 4.90 Å². The number of aromatic nitrogens is 1. The van der Waals surface area contributed by atoms with Gasteiger partial charge < -0.3 is 5.32 Å². The van der Waals surface area contributed by atoms with Crippen molar-refractivity contribution >= 4 is 21.6 Å². The molecule has 0 fully saturated rings. The summed E-state index contributed by atoms with van der Waals surface area (Å²) in [5.74, 6) is -0.0447. The van der Waals surface area contributed by atoms with E-state index in [1.54, 1.807) is 36.4 Å². The number of rotatable bonds is 4. The summed E-state index contributed by atoms with van der Waals surface area (Å²) in [6.45, 7) is 3.36. The van der Waals surface area contributed by atoms with Crippen molar-refractivity contribution in [3.05, 3.63) is 55.3 Å². The van der Waals surface area contributed by atoms with Crippen LogP contribution < -0.4 is 5.32 Å². The molecule has 0 atom stereocenters. The van der Waals surface area contributed by atoms with Crippen molar-refractivity contribution in [3.63, 3.8) is 0 Å². The number of carbonyl (C=O) groups is 1. The fourth-order valence-electron chi connectivity index (χ4n) is 1.87. The number of pyridine rings is 1. The third-order valence-corrected chi connectivity index (χ3v) is 3.95. The number of anilines is 1. The lowest BCUT2D eigenvalue weighted by atomic mass is 10.1. The van der Waals surface area contributed by atoms with Gasteiger partial charge in [0.1, 0.15) is 5.82 Å². The molecule has 108 valence electrons. The monoisotopic (exact) mass is 302 g/mol. The van der Waals surface area contributed by atoms with E-state index >= 15 is 0 Å². The standard InChI is InChI=1S/C15H14N2O3S/c1-3-15(18)17-14-10-11(8-9-16-14)12-6-4-5-7-13(12)21(2,19)20/h3-10H,1H2,2H3,(H,16,17,18). The Kier molecular flexibility index (Phi) is 4.18. The third-order valence-electron chi connectivity index (χ3n) is 2.79. The Balaban J connectivity index is 2.51. The second kappa shape index (κ2) is 5.88. The van der Waals surface area contributed by atoms with Gasteiger partial charge in [0.05, 0.1) is 4.90 Å². The molecule has 2 aromatic rings. The maximum Gasteiger partial charge on any atom is 0.248 e. The lowest BCUT2D eigenvalue weighted by Crippen LogP contribution is -2.08. The molecule has 1 heterocycles. The van der Waals surface area contributed by atoms with E-state index in [2.05, 4.69) is 16.9 Å². The molecule has 0 unspecified atom stereocenters. The first-order chi connectivity index (χ1) is 9.91. The van der Waals surface area contributed by atoms with E-state index in [4.69, 9.17) is 0 Å². The van der Waals surface area contributed by atoms with Crippen LogP contribution in [0.4, 0.5) is 5.82 Å². The van der Waals surface area contributed by atoms with Gasteiger partial charge in [-0.25, -0.2) is 13.4 Å². The smallest absolute Gasteiger partial charge is 0.248 e. The fraction of sp³-hybridized carbons (Fsp3) is 0.0667. The van der Waals surface area contributed by atoms with Crippen LogP contribution in [0, 0.1) is 0 Å². The summed E-state index contributed by atoms with van der Waals surface area (Å²) in [6.07, 6.45) is 3.80. The van der Waals surface area contributed by atoms with Crippen molar-refractivity contribution in [1.29, 1.82) is 0 Å². The van der Waals surface area contributed by atoms with E-state index < -0.39 is 9.84 Å². The van der Waals surface area contributed by atoms with Gasteiger partial charge in [-0.3, -0.25) is 4.79 Å². The molecule has 2 rings (SSSR count). The minimum absolute atomic E-state index is 0.234. The molecule has 0 aliphatic rings. The van der Waals surface area contributed by atoms with Crippen LogP contribution in [0.5, 0.6) is 0 Å². The quantitative estimate of drug-likeness (QED) is 0.879. The summed E-state index contributed by atoms with van der Waals surface area (Å²) in [6, 6.07) is 9.99. The molecule has 0 bridgehead atoms. The molecular weight excluding hydrogens is 288 g/mol. The molecule has 6 heteroatoms. The molecule has 0 radical (unpaired) electrons. The first-order valence-electron chi connectivity index (χ1n) is 6.11. The second-order valence-electron chi connectivity index (χ2n) is 4.39. The summed E-state index contributed by atoms with van der Waals surface area (Å²) in [5, 5.41) is 2.54. The number of benzene rings is 1. The lowest BCUT2D eigenvalue weighted by molar-refractivity contribution is -0.111. The number of hydrogen-bond acceptors (Lipinski definition) is 4. The van der Waals surface area contributed by atoms with E-state index in [-0.39, 0.29) is 10.8 Å². The van der Waals surface area contributed by atoms with Gasteiger partial charge in [0.25, 0.3) is 0 Å². The maximum absolute atomic E-state index is 11.8. The van der Waals surface area contributed by atoms with Gasteiger partial charge >= 0.3 is 0 Å². The van der Waals surface area contributed by atoms with Crippen LogP contribution in [0.3, 0.4) is 0 Å². The third kappa shape index (κ3) is 3.55. The summed E-state index contributed by atoms with van der Waals surface area (Å²) in [4.78, 5) is 15.5. The topological polar surface area (TPSA) is 76.1 Å². The Morgan fingerprint density at radius 3 is 2.67 bits per heavy atom. The highest BCUT2D eigenvalue weighted by atomic mass is 32.2. The number of nitrogens with one attached hydrogen (secondary N) is 1. The Labute approximate surface area is 123 Å². The van der Waals surface area contributed by atoms with Crippen LogP contribution in [-0.4, -0.2) is 25.6 Å². The van der Waals surface area contributed by atoms with Gasteiger partial charge in [-0.2, -0.15) is 0 Å². The maximum atomic E-state index is 11.8. The summed E-state index contributed by atoms with van der Waals surface area (Å²) in [7, 11) is -3.35. The molecule has 0 aliphatic heterocycles. The zero-order chi connectivity index (χ0) is 15.5. The predicted molar refractivity (Wildman–Crippen MR) is 81.6 cm³/mol. The summed E-state index contributed by atoms with van der Waals surface area (Å²) in [5.41, 5.74) is 1.22. The average molecular weight is 302 g/mol. The largest absolute Gasteiger partial charge is 0.307 e. The van der Waals surface area contributed by atoms with E-state index in [0.717, 1.165) is 12.3 Å². The number of sulfone groups is 1. The average Bonchev–Trinajstić information content (AvgIpc) is 2.46. The molecule has 21 heavy (non-hydrogen) atoms. The van der Waals surface area contributed by atoms with Gasteiger partial charge in [-0.05, 0) is 29.8 Å². The molecule has 0 spiro atoms. The van der Waals surface area contributed by atoms with Crippen molar-refractivity contribution in [1.82, 2.24) is 4.98 Å². The van der Waals surface area contributed by atoms with Crippen molar-refractivity contribution in [2.24, 2.45) is 0 Å². The summed E-state index contributed by atoms with van der Waals surface area (Å²) < 4.78 is 23.7. The Morgan fingerprint density at radius 1 is 1.29 bits per heavy atom. The molecule has 1 amide bonds. The molecule has 0 saturated carbocycles. The summed E-state index contributed by atoms with van der Waals surface area (Å²) >= 11 is 0. The molecular formula is C15H14N2O3S.